The number of methoxy groups -OCH3 is 2. The predicted octanol–water partition coefficient (Wildman–Crippen LogP) is 2.25. The zero-order valence-electron chi connectivity index (χ0n) is 11.1. The van der Waals surface area contributed by atoms with E-state index in [-0.39, 0.29) is 11.9 Å². The van der Waals surface area contributed by atoms with Crippen molar-refractivity contribution in [2.75, 3.05) is 14.2 Å². The SMILES string of the molecule is COc1cc2c(cc1OC)[C@H]1CC=CC[C@@H]1NC2=O. The fourth-order valence-electron chi connectivity index (χ4n) is 2.96. The van der Waals surface area contributed by atoms with Gasteiger partial charge in [0.15, 0.2) is 11.5 Å². The van der Waals surface area contributed by atoms with Gasteiger partial charge in [-0.3, -0.25) is 4.79 Å². The number of carbonyl (C=O) groups excluding carboxylic acids is 1. The first-order valence-electron chi connectivity index (χ1n) is 6.46. The second-order valence-corrected chi connectivity index (χ2v) is 4.92. The first-order valence-corrected chi connectivity index (χ1v) is 6.46. The number of benzene rings is 1. The molecule has 0 saturated carbocycles. The van der Waals surface area contributed by atoms with Gasteiger partial charge in [0.25, 0.3) is 5.91 Å². The van der Waals surface area contributed by atoms with Crippen molar-refractivity contribution < 1.29 is 14.3 Å². The van der Waals surface area contributed by atoms with Gasteiger partial charge >= 0.3 is 0 Å². The van der Waals surface area contributed by atoms with E-state index in [0.717, 1.165) is 18.4 Å². The Balaban J connectivity index is 2.13. The number of amides is 1. The minimum Gasteiger partial charge on any atom is -0.493 e. The topological polar surface area (TPSA) is 47.6 Å². The Hall–Kier alpha value is -1.97. The van der Waals surface area contributed by atoms with E-state index in [0.29, 0.717) is 23.0 Å². The van der Waals surface area contributed by atoms with Crippen LogP contribution in [-0.2, 0) is 0 Å². The van der Waals surface area contributed by atoms with Gasteiger partial charge in [-0.25, -0.2) is 0 Å². The molecule has 0 fully saturated rings. The summed E-state index contributed by atoms with van der Waals surface area (Å²) >= 11 is 0. The average Bonchev–Trinajstić information content (AvgIpc) is 2.46. The first-order chi connectivity index (χ1) is 9.24. The predicted molar refractivity (Wildman–Crippen MR) is 71.9 cm³/mol. The highest BCUT2D eigenvalue weighted by molar-refractivity contribution is 5.98. The van der Waals surface area contributed by atoms with Gasteiger partial charge in [-0.05, 0) is 30.5 Å². The van der Waals surface area contributed by atoms with E-state index < -0.39 is 0 Å². The fraction of sp³-hybridized carbons (Fsp3) is 0.400. The molecule has 1 aromatic rings. The van der Waals surface area contributed by atoms with Crippen molar-refractivity contribution in [3.05, 3.63) is 35.4 Å². The van der Waals surface area contributed by atoms with Gasteiger partial charge in [0.2, 0.25) is 0 Å². The Bertz CT molecular complexity index is 551. The van der Waals surface area contributed by atoms with E-state index in [9.17, 15) is 4.79 Å². The molecule has 3 rings (SSSR count). The van der Waals surface area contributed by atoms with Crippen molar-refractivity contribution in [3.63, 3.8) is 0 Å². The Labute approximate surface area is 112 Å². The second kappa shape index (κ2) is 4.61. The molecule has 0 radical (unpaired) electrons. The molecule has 1 aromatic carbocycles. The van der Waals surface area contributed by atoms with Crippen LogP contribution in [0.25, 0.3) is 0 Å². The summed E-state index contributed by atoms with van der Waals surface area (Å²) in [7, 11) is 3.20. The summed E-state index contributed by atoms with van der Waals surface area (Å²) < 4.78 is 10.6. The number of fused-ring (bicyclic) bond motifs is 3. The molecule has 0 spiro atoms. The van der Waals surface area contributed by atoms with Crippen LogP contribution in [0.1, 0.15) is 34.7 Å². The molecule has 0 aromatic heterocycles. The number of rotatable bonds is 2. The summed E-state index contributed by atoms with van der Waals surface area (Å²) in [6.45, 7) is 0. The van der Waals surface area contributed by atoms with Crippen molar-refractivity contribution in [3.8, 4) is 11.5 Å². The highest BCUT2D eigenvalue weighted by atomic mass is 16.5. The highest BCUT2D eigenvalue weighted by Gasteiger charge is 2.34. The van der Waals surface area contributed by atoms with E-state index in [4.69, 9.17) is 9.47 Å². The third-order valence-electron chi connectivity index (χ3n) is 3.95. The van der Waals surface area contributed by atoms with Gasteiger partial charge in [0, 0.05) is 17.5 Å². The Morgan fingerprint density at radius 2 is 1.79 bits per heavy atom. The molecule has 1 aliphatic heterocycles. The highest BCUT2D eigenvalue weighted by Crippen LogP contribution is 2.40. The van der Waals surface area contributed by atoms with Gasteiger partial charge in [-0.1, -0.05) is 12.2 Å². The zero-order valence-corrected chi connectivity index (χ0v) is 11.1. The van der Waals surface area contributed by atoms with Crippen LogP contribution >= 0.6 is 0 Å². The number of hydrogen-bond donors (Lipinski definition) is 1. The summed E-state index contributed by atoms with van der Waals surface area (Å²) in [6.07, 6.45) is 6.16. The molecular formula is C15H17NO3. The molecule has 1 N–H and O–H groups in total. The van der Waals surface area contributed by atoms with Crippen LogP contribution in [0.15, 0.2) is 24.3 Å². The van der Waals surface area contributed by atoms with E-state index in [2.05, 4.69) is 17.5 Å². The molecular weight excluding hydrogens is 242 g/mol. The number of ether oxygens (including phenoxy) is 2. The Morgan fingerprint density at radius 3 is 2.53 bits per heavy atom. The average molecular weight is 259 g/mol. The van der Waals surface area contributed by atoms with E-state index >= 15 is 0 Å². The number of carbonyl (C=O) groups is 1. The van der Waals surface area contributed by atoms with Gasteiger partial charge in [-0.15, -0.1) is 0 Å². The van der Waals surface area contributed by atoms with E-state index in [1.54, 1.807) is 20.3 Å². The van der Waals surface area contributed by atoms with Crippen LogP contribution in [0, 0.1) is 0 Å². The standard InChI is InChI=1S/C15H17NO3/c1-18-13-7-10-9-5-3-4-6-12(9)16-15(17)11(10)8-14(13)19-2/h3-4,7-9,12H,5-6H2,1-2H3,(H,16,17)/t9-,12+/m1/s1. The number of allylic oxidation sites excluding steroid dienone is 1. The second-order valence-electron chi connectivity index (χ2n) is 4.92. The van der Waals surface area contributed by atoms with E-state index in [1.165, 1.54) is 0 Å². The Morgan fingerprint density at radius 1 is 1.11 bits per heavy atom. The lowest BCUT2D eigenvalue weighted by Gasteiger charge is -2.35. The minimum atomic E-state index is -0.0208. The van der Waals surface area contributed by atoms with Crippen LogP contribution in [0.2, 0.25) is 0 Å². The maximum absolute atomic E-state index is 12.2. The van der Waals surface area contributed by atoms with Crippen LogP contribution in [0.3, 0.4) is 0 Å². The van der Waals surface area contributed by atoms with Crippen LogP contribution in [0.5, 0.6) is 11.5 Å². The van der Waals surface area contributed by atoms with Gasteiger partial charge in [0.05, 0.1) is 14.2 Å². The maximum Gasteiger partial charge on any atom is 0.251 e. The van der Waals surface area contributed by atoms with Crippen LogP contribution in [0.4, 0.5) is 0 Å². The van der Waals surface area contributed by atoms with Gasteiger partial charge in [-0.2, -0.15) is 0 Å². The van der Waals surface area contributed by atoms with Crippen molar-refractivity contribution >= 4 is 5.91 Å². The molecule has 2 aliphatic rings. The lowest BCUT2D eigenvalue weighted by atomic mass is 9.78. The molecule has 4 heteroatoms. The molecule has 1 amide bonds. The summed E-state index contributed by atoms with van der Waals surface area (Å²) in [5.74, 6) is 1.59. The first kappa shape index (κ1) is 12.1. The summed E-state index contributed by atoms with van der Waals surface area (Å²) in [6, 6.07) is 3.92. The molecule has 4 nitrogen and oxygen atoms in total. The zero-order chi connectivity index (χ0) is 13.4. The molecule has 1 heterocycles. The number of nitrogens with one attached hydrogen (secondary N) is 1. The molecule has 1 aliphatic carbocycles. The van der Waals surface area contributed by atoms with Crippen molar-refractivity contribution in [2.24, 2.45) is 0 Å². The fourth-order valence-corrected chi connectivity index (χ4v) is 2.96. The number of hydrogen-bond acceptors (Lipinski definition) is 3. The maximum atomic E-state index is 12.2. The third kappa shape index (κ3) is 1.87. The van der Waals surface area contributed by atoms with Crippen LogP contribution in [-0.4, -0.2) is 26.2 Å². The summed E-state index contributed by atoms with van der Waals surface area (Å²) in [5.41, 5.74) is 1.77. The molecule has 0 unspecified atom stereocenters. The lowest BCUT2D eigenvalue weighted by molar-refractivity contribution is 0.0913. The lowest BCUT2D eigenvalue weighted by Crippen LogP contribution is -2.44. The summed E-state index contributed by atoms with van der Waals surface area (Å²) in [5, 5.41) is 3.08. The molecule has 19 heavy (non-hydrogen) atoms. The smallest absolute Gasteiger partial charge is 0.251 e. The molecule has 2 atom stereocenters. The van der Waals surface area contributed by atoms with Crippen molar-refractivity contribution in [2.45, 2.75) is 24.8 Å². The Kier molecular flexibility index (Phi) is 2.93. The van der Waals surface area contributed by atoms with Crippen molar-refractivity contribution in [1.82, 2.24) is 5.32 Å². The molecule has 0 bridgehead atoms. The molecule has 0 saturated heterocycles. The summed E-state index contributed by atoms with van der Waals surface area (Å²) in [4.78, 5) is 12.2. The van der Waals surface area contributed by atoms with Gasteiger partial charge in [0.1, 0.15) is 0 Å². The largest absolute Gasteiger partial charge is 0.493 e. The van der Waals surface area contributed by atoms with E-state index in [1.807, 2.05) is 6.07 Å². The quantitative estimate of drug-likeness (QED) is 0.829. The van der Waals surface area contributed by atoms with Crippen LogP contribution < -0.4 is 14.8 Å². The monoisotopic (exact) mass is 259 g/mol. The third-order valence-corrected chi connectivity index (χ3v) is 3.95. The molecule has 100 valence electrons. The van der Waals surface area contributed by atoms with Gasteiger partial charge < -0.3 is 14.8 Å². The normalized spacial score (nSPS) is 24.2. The minimum absolute atomic E-state index is 0.0208. The van der Waals surface area contributed by atoms with Crippen molar-refractivity contribution in [1.29, 1.82) is 0 Å².